The first-order valence-corrected chi connectivity index (χ1v) is 17.7. The topological polar surface area (TPSA) is 140 Å². The molecule has 5 N–H and O–H groups in total. The second kappa shape index (κ2) is 15.9. The Morgan fingerprint density at radius 1 is 1.02 bits per heavy atom. The summed E-state index contributed by atoms with van der Waals surface area (Å²) in [5.74, 6) is -1.95. The molecule has 1 saturated heterocycles. The third kappa shape index (κ3) is 9.64. The van der Waals surface area contributed by atoms with Gasteiger partial charge in [-0.2, -0.15) is 0 Å². The van der Waals surface area contributed by atoms with E-state index in [4.69, 9.17) is 0 Å². The number of aliphatic hydroxyl groups excluding tert-OH is 1. The monoisotopic (exact) mass is 645 g/mol. The molecule has 10 nitrogen and oxygen atoms in total. The highest BCUT2D eigenvalue weighted by Gasteiger charge is 2.32. The van der Waals surface area contributed by atoms with E-state index in [0.29, 0.717) is 18.5 Å². The summed E-state index contributed by atoms with van der Waals surface area (Å²) in [5.41, 5.74) is 0.757. The molecule has 248 valence electrons. The van der Waals surface area contributed by atoms with Gasteiger partial charge < -0.3 is 26.4 Å². The van der Waals surface area contributed by atoms with Gasteiger partial charge in [0, 0.05) is 30.9 Å². The molecule has 2 fully saturated rings. The van der Waals surface area contributed by atoms with E-state index in [2.05, 4.69) is 21.3 Å². The van der Waals surface area contributed by atoms with Gasteiger partial charge in [0.1, 0.15) is 0 Å². The van der Waals surface area contributed by atoms with Crippen LogP contribution in [0.15, 0.2) is 42.5 Å². The van der Waals surface area contributed by atoms with Crippen LogP contribution >= 0.6 is 0 Å². The van der Waals surface area contributed by atoms with Crippen molar-refractivity contribution in [1.82, 2.24) is 16.0 Å². The van der Waals surface area contributed by atoms with Gasteiger partial charge in [-0.3, -0.25) is 13.9 Å². The first-order valence-electron chi connectivity index (χ1n) is 16.1. The predicted molar refractivity (Wildman–Crippen MR) is 175 cm³/mol. The Hall–Kier alpha value is -3.22. The van der Waals surface area contributed by atoms with Crippen molar-refractivity contribution in [1.29, 1.82) is 0 Å². The van der Waals surface area contributed by atoms with Gasteiger partial charge in [0.25, 0.3) is 5.91 Å². The van der Waals surface area contributed by atoms with E-state index in [-0.39, 0.29) is 54.5 Å². The van der Waals surface area contributed by atoms with Crippen LogP contribution in [0.4, 0.5) is 15.8 Å². The maximum Gasteiger partial charge on any atom is 0.254 e. The van der Waals surface area contributed by atoms with Crippen molar-refractivity contribution in [2.45, 2.75) is 102 Å². The molecule has 2 aliphatic rings. The summed E-state index contributed by atoms with van der Waals surface area (Å²) < 4.78 is 42.9. The van der Waals surface area contributed by atoms with Crippen molar-refractivity contribution in [2.75, 3.05) is 28.5 Å². The van der Waals surface area contributed by atoms with Crippen LogP contribution in [-0.2, 0) is 21.2 Å². The van der Waals surface area contributed by atoms with Crippen LogP contribution in [0.5, 0.6) is 0 Å². The Labute approximate surface area is 266 Å². The molecule has 0 spiro atoms. The Bertz CT molecular complexity index is 1400. The normalized spacial score (nSPS) is 19.0. The predicted octanol–water partition coefficient (Wildman–Crippen LogP) is 3.71. The van der Waals surface area contributed by atoms with Crippen molar-refractivity contribution < 1.29 is 27.5 Å². The van der Waals surface area contributed by atoms with Gasteiger partial charge in [0.2, 0.25) is 15.9 Å². The molecule has 1 aliphatic heterocycles. The standard InChI is InChI=1S/C33H48FN5O5S/c1-22(2)36-26-19-27(31(34)29(20-26)39-16-10-11-17-45(39,43)44)33(42)38-28(18-24-12-6-4-7-13-24)30(40)21-35-23(3)32(41)37-25-14-8-5-9-15-25/h4,6-7,12-13,19-20,22-23,25,28,30,35-36,40H,5,8-11,14-18,21H2,1-3H3,(H,37,41)(H,38,42)/t23-,28-,30+/m0/s1. The number of hydrogen-bond acceptors (Lipinski definition) is 7. The van der Waals surface area contributed by atoms with Crippen molar-refractivity contribution in [3.05, 3.63) is 59.4 Å². The Balaban J connectivity index is 1.54. The van der Waals surface area contributed by atoms with E-state index in [0.717, 1.165) is 35.6 Å². The van der Waals surface area contributed by atoms with Crippen LogP contribution in [0.1, 0.15) is 81.6 Å². The molecule has 45 heavy (non-hydrogen) atoms. The van der Waals surface area contributed by atoms with Gasteiger partial charge >= 0.3 is 0 Å². The number of sulfonamides is 1. The minimum Gasteiger partial charge on any atom is -0.390 e. The fraction of sp³-hybridized carbons (Fsp3) is 0.576. The van der Waals surface area contributed by atoms with Crippen LogP contribution < -0.4 is 25.6 Å². The highest BCUT2D eigenvalue weighted by Crippen LogP contribution is 2.32. The number of aliphatic hydroxyl groups is 1. The molecule has 0 radical (unpaired) electrons. The minimum atomic E-state index is -3.74. The van der Waals surface area contributed by atoms with Crippen molar-refractivity contribution in [2.24, 2.45) is 0 Å². The summed E-state index contributed by atoms with van der Waals surface area (Å²) in [7, 11) is -3.74. The van der Waals surface area contributed by atoms with Crippen molar-refractivity contribution in [3.8, 4) is 0 Å². The van der Waals surface area contributed by atoms with Gasteiger partial charge in [-0.25, -0.2) is 12.8 Å². The van der Waals surface area contributed by atoms with Crippen LogP contribution in [0.25, 0.3) is 0 Å². The van der Waals surface area contributed by atoms with Crippen LogP contribution in [-0.4, -0.2) is 74.5 Å². The fourth-order valence-corrected chi connectivity index (χ4v) is 7.56. The molecule has 0 bridgehead atoms. The number of carbonyl (C=O) groups is 2. The lowest BCUT2D eigenvalue weighted by atomic mass is 9.95. The zero-order chi connectivity index (χ0) is 32.6. The average Bonchev–Trinajstić information content (AvgIpc) is 3.00. The highest BCUT2D eigenvalue weighted by atomic mass is 32.2. The Morgan fingerprint density at radius 2 is 1.73 bits per heavy atom. The average molecular weight is 646 g/mol. The Morgan fingerprint density at radius 3 is 2.40 bits per heavy atom. The molecule has 2 amide bonds. The zero-order valence-corrected chi connectivity index (χ0v) is 27.3. The molecule has 1 aliphatic carbocycles. The first kappa shape index (κ1) is 34.6. The van der Waals surface area contributed by atoms with Crippen LogP contribution in [0.2, 0.25) is 0 Å². The number of rotatable bonds is 13. The number of benzene rings is 2. The molecule has 2 aromatic carbocycles. The molecular formula is C33H48FN5O5S. The SMILES string of the molecule is CC(C)Nc1cc(C(=O)N[C@@H](Cc2ccccc2)[C@H](O)CN[C@@H](C)C(=O)NC2CCCCC2)c(F)c(N2CCCCS2(=O)=O)c1. The third-order valence-corrected chi connectivity index (χ3v) is 10.3. The number of hydrogen-bond donors (Lipinski definition) is 5. The minimum absolute atomic E-state index is 0.00569. The molecule has 1 saturated carbocycles. The lowest BCUT2D eigenvalue weighted by molar-refractivity contribution is -0.123. The quantitative estimate of drug-likeness (QED) is 0.224. The van der Waals surface area contributed by atoms with Gasteiger partial charge in [-0.1, -0.05) is 49.6 Å². The van der Waals surface area contributed by atoms with Gasteiger partial charge in [0.05, 0.1) is 35.2 Å². The van der Waals surface area contributed by atoms with E-state index >= 15 is 4.39 Å². The molecule has 0 unspecified atom stereocenters. The van der Waals surface area contributed by atoms with Gasteiger partial charge in [0.15, 0.2) is 5.82 Å². The first-order chi connectivity index (χ1) is 21.4. The summed E-state index contributed by atoms with van der Waals surface area (Å²) in [5, 5.41) is 23.4. The van der Waals surface area contributed by atoms with Crippen LogP contribution in [0.3, 0.4) is 0 Å². The lowest BCUT2D eigenvalue weighted by Crippen LogP contribution is -2.53. The van der Waals surface area contributed by atoms with Gasteiger partial charge in [-0.05, 0) is 70.6 Å². The van der Waals surface area contributed by atoms with E-state index in [9.17, 15) is 23.1 Å². The van der Waals surface area contributed by atoms with Crippen molar-refractivity contribution >= 4 is 33.2 Å². The van der Waals surface area contributed by atoms with E-state index in [1.165, 1.54) is 18.6 Å². The fourth-order valence-electron chi connectivity index (χ4n) is 5.93. The molecule has 2 aromatic rings. The molecule has 12 heteroatoms. The van der Waals surface area contributed by atoms with E-state index < -0.39 is 39.9 Å². The second-order valence-corrected chi connectivity index (χ2v) is 14.6. The Kier molecular flexibility index (Phi) is 12.2. The number of nitrogens with zero attached hydrogens (tertiary/aromatic N) is 1. The zero-order valence-electron chi connectivity index (χ0n) is 26.5. The molecule has 3 atom stereocenters. The largest absolute Gasteiger partial charge is 0.390 e. The van der Waals surface area contributed by atoms with E-state index in [1.807, 2.05) is 44.2 Å². The summed E-state index contributed by atoms with van der Waals surface area (Å²) in [6.45, 7) is 5.63. The maximum absolute atomic E-state index is 16.1. The third-order valence-electron chi connectivity index (χ3n) is 8.43. The number of halogens is 1. The highest BCUT2D eigenvalue weighted by molar-refractivity contribution is 7.92. The molecular weight excluding hydrogens is 597 g/mol. The summed E-state index contributed by atoms with van der Waals surface area (Å²) in [6.07, 6.45) is 5.49. The summed E-state index contributed by atoms with van der Waals surface area (Å²) in [6, 6.07) is 10.8. The summed E-state index contributed by atoms with van der Waals surface area (Å²) in [4.78, 5) is 26.5. The number of carbonyl (C=O) groups excluding carboxylic acids is 2. The smallest absolute Gasteiger partial charge is 0.254 e. The molecule has 4 rings (SSSR count). The van der Waals surface area contributed by atoms with E-state index in [1.54, 1.807) is 6.92 Å². The molecule has 0 aromatic heterocycles. The maximum atomic E-state index is 16.1. The van der Waals surface area contributed by atoms with Gasteiger partial charge in [-0.15, -0.1) is 0 Å². The number of anilines is 2. The van der Waals surface area contributed by atoms with Crippen LogP contribution in [0, 0.1) is 5.82 Å². The summed E-state index contributed by atoms with van der Waals surface area (Å²) >= 11 is 0. The lowest BCUT2D eigenvalue weighted by Gasteiger charge is -2.30. The number of amides is 2. The second-order valence-electron chi connectivity index (χ2n) is 12.6. The molecule has 1 heterocycles. The number of nitrogens with one attached hydrogen (secondary N) is 4. The van der Waals surface area contributed by atoms with Crippen molar-refractivity contribution in [3.63, 3.8) is 0 Å².